The minimum absolute atomic E-state index is 0. The van der Waals surface area contributed by atoms with E-state index < -0.39 is 0 Å². The minimum atomic E-state index is 0. The Morgan fingerprint density at radius 2 is 1.88 bits per heavy atom. The molecule has 2 heterocycles. The molecule has 1 aliphatic heterocycles. The topological polar surface area (TPSA) is 33.1 Å². The van der Waals surface area contributed by atoms with Crippen LogP contribution in [0.3, 0.4) is 0 Å². The van der Waals surface area contributed by atoms with Gasteiger partial charge in [-0.1, -0.05) is 48.5 Å². The fourth-order valence-corrected chi connectivity index (χ4v) is 3.60. The third-order valence-electron chi connectivity index (χ3n) is 4.93. The summed E-state index contributed by atoms with van der Waals surface area (Å²) in [5.74, 6) is 1.13. The van der Waals surface area contributed by atoms with Gasteiger partial charge in [-0.15, -0.1) is 12.4 Å². The van der Waals surface area contributed by atoms with Gasteiger partial charge in [-0.25, -0.2) is 4.98 Å². The molecule has 0 radical (unpaired) electrons. The second-order valence-electron chi connectivity index (χ2n) is 6.65. The lowest BCUT2D eigenvalue weighted by Gasteiger charge is -2.35. The number of hydrogen-bond donors (Lipinski definition) is 1. The zero-order valence-corrected chi connectivity index (χ0v) is 15.8. The van der Waals surface area contributed by atoms with Gasteiger partial charge in [-0.05, 0) is 22.8 Å². The molecule has 4 nitrogen and oxygen atoms in total. The highest BCUT2D eigenvalue weighted by atomic mass is 35.5. The molecule has 1 unspecified atom stereocenters. The monoisotopic (exact) mass is 368 g/mol. The Kier molecular flexibility index (Phi) is 6.09. The van der Waals surface area contributed by atoms with E-state index in [1.807, 2.05) is 12.4 Å². The number of nitrogens with zero attached hydrogens (tertiary/aromatic N) is 3. The van der Waals surface area contributed by atoms with E-state index in [-0.39, 0.29) is 12.4 Å². The van der Waals surface area contributed by atoms with Gasteiger partial charge in [0.2, 0.25) is 0 Å². The van der Waals surface area contributed by atoms with Gasteiger partial charge in [0, 0.05) is 45.6 Å². The summed E-state index contributed by atoms with van der Waals surface area (Å²) < 4.78 is 2.13. The zero-order chi connectivity index (χ0) is 17.1. The van der Waals surface area contributed by atoms with Gasteiger partial charge in [-0.2, -0.15) is 0 Å². The molecule has 0 spiro atoms. The summed E-state index contributed by atoms with van der Waals surface area (Å²) in [5, 5.41) is 3.51. The Morgan fingerprint density at radius 1 is 1.08 bits per heavy atom. The lowest BCUT2D eigenvalue weighted by Crippen LogP contribution is -2.46. The highest BCUT2D eigenvalue weighted by molar-refractivity contribution is 5.85. The fraction of sp³-hybridized carbons (Fsp3) is 0.286. The predicted octanol–water partition coefficient (Wildman–Crippen LogP) is 3.66. The third-order valence-corrected chi connectivity index (χ3v) is 4.93. The number of benzene rings is 2. The van der Waals surface area contributed by atoms with E-state index in [1.165, 1.54) is 16.7 Å². The molecule has 0 saturated carbocycles. The van der Waals surface area contributed by atoms with Gasteiger partial charge < -0.3 is 9.88 Å². The Labute approximate surface area is 161 Å². The first-order valence-corrected chi connectivity index (χ1v) is 8.87. The van der Waals surface area contributed by atoms with Crippen molar-refractivity contribution >= 4 is 12.4 Å². The van der Waals surface area contributed by atoms with Crippen molar-refractivity contribution in [2.45, 2.75) is 12.6 Å². The molecule has 1 aliphatic rings. The summed E-state index contributed by atoms with van der Waals surface area (Å²) in [5.41, 5.74) is 3.90. The van der Waals surface area contributed by atoms with Crippen molar-refractivity contribution in [2.75, 3.05) is 19.6 Å². The van der Waals surface area contributed by atoms with Crippen LogP contribution in [-0.4, -0.2) is 34.1 Å². The van der Waals surface area contributed by atoms with Crippen LogP contribution < -0.4 is 5.32 Å². The van der Waals surface area contributed by atoms with E-state index >= 15 is 0 Å². The van der Waals surface area contributed by atoms with Crippen molar-refractivity contribution in [3.8, 4) is 11.1 Å². The number of aromatic nitrogens is 2. The van der Waals surface area contributed by atoms with Gasteiger partial charge in [0.15, 0.2) is 0 Å². The average molecular weight is 369 g/mol. The Hall–Kier alpha value is -2.14. The van der Waals surface area contributed by atoms with E-state index in [9.17, 15) is 0 Å². The molecule has 0 amide bonds. The Morgan fingerprint density at radius 3 is 2.65 bits per heavy atom. The van der Waals surface area contributed by atoms with Crippen LogP contribution in [0.4, 0.5) is 0 Å². The standard InChI is InChI=1S/C21H24N4.ClH/c1-24-12-11-23-21(24)20-15-22-10-13-25(20)16-17-6-5-9-19(14-17)18-7-3-2-4-8-18;/h2-9,11-12,14,20,22H,10,13,15-16H2,1H3;1H. The summed E-state index contributed by atoms with van der Waals surface area (Å²) in [6.07, 6.45) is 3.91. The molecule has 4 rings (SSSR count). The molecule has 0 aliphatic carbocycles. The predicted molar refractivity (Wildman–Crippen MR) is 108 cm³/mol. The lowest BCUT2D eigenvalue weighted by atomic mass is 10.0. The van der Waals surface area contributed by atoms with E-state index in [2.05, 4.69) is 81.4 Å². The lowest BCUT2D eigenvalue weighted by molar-refractivity contribution is 0.145. The Bertz CT molecular complexity index is 831. The summed E-state index contributed by atoms with van der Waals surface area (Å²) in [6.45, 7) is 3.95. The maximum absolute atomic E-state index is 4.58. The SMILES string of the molecule is Cl.Cn1ccnc1C1CNCCN1Cc1cccc(-c2ccccc2)c1. The van der Waals surface area contributed by atoms with Gasteiger partial charge in [0.05, 0.1) is 6.04 Å². The first-order valence-electron chi connectivity index (χ1n) is 8.87. The van der Waals surface area contributed by atoms with Crippen LogP contribution in [-0.2, 0) is 13.6 Å². The van der Waals surface area contributed by atoms with Crippen molar-refractivity contribution < 1.29 is 0 Å². The first-order chi connectivity index (χ1) is 12.3. The number of imidazole rings is 1. The van der Waals surface area contributed by atoms with Gasteiger partial charge >= 0.3 is 0 Å². The normalized spacial score (nSPS) is 17.7. The maximum atomic E-state index is 4.58. The van der Waals surface area contributed by atoms with Gasteiger partial charge in [0.1, 0.15) is 5.82 Å². The minimum Gasteiger partial charge on any atom is -0.337 e. The van der Waals surface area contributed by atoms with E-state index in [0.717, 1.165) is 32.0 Å². The molecule has 26 heavy (non-hydrogen) atoms. The number of piperazine rings is 1. The highest BCUT2D eigenvalue weighted by Gasteiger charge is 2.26. The number of nitrogens with one attached hydrogen (secondary N) is 1. The van der Waals surface area contributed by atoms with E-state index in [1.54, 1.807) is 0 Å². The van der Waals surface area contributed by atoms with Gasteiger partial charge in [0.25, 0.3) is 0 Å². The molecular formula is C21H25ClN4. The number of hydrogen-bond acceptors (Lipinski definition) is 3. The van der Waals surface area contributed by atoms with E-state index in [4.69, 9.17) is 0 Å². The highest BCUT2D eigenvalue weighted by Crippen LogP contribution is 2.25. The molecule has 1 fully saturated rings. The van der Waals surface area contributed by atoms with Crippen LogP contribution in [0.15, 0.2) is 67.0 Å². The third kappa shape index (κ3) is 3.98. The van der Waals surface area contributed by atoms with Crippen LogP contribution in [0.2, 0.25) is 0 Å². The van der Waals surface area contributed by atoms with Crippen LogP contribution in [0.1, 0.15) is 17.4 Å². The van der Waals surface area contributed by atoms with Gasteiger partial charge in [-0.3, -0.25) is 4.90 Å². The van der Waals surface area contributed by atoms with Crippen molar-refractivity contribution in [1.29, 1.82) is 0 Å². The van der Waals surface area contributed by atoms with Crippen molar-refractivity contribution in [2.24, 2.45) is 7.05 Å². The second kappa shape index (κ2) is 8.49. The Balaban J connectivity index is 0.00000196. The maximum Gasteiger partial charge on any atom is 0.127 e. The number of aryl methyl sites for hydroxylation is 1. The molecule has 136 valence electrons. The fourth-order valence-electron chi connectivity index (χ4n) is 3.60. The number of rotatable bonds is 4. The molecule has 2 aromatic carbocycles. The van der Waals surface area contributed by atoms with Crippen molar-refractivity contribution in [3.05, 3.63) is 78.4 Å². The van der Waals surface area contributed by atoms with Crippen LogP contribution in [0.5, 0.6) is 0 Å². The smallest absolute Gasteiger partial charge is 0.127 e. The number of halogens is 1. The second-order valence-corrected chi connectivity index (χ2v) is 6.65. The van der Waals surface area contributed by atoms with E-state index in [0.29, 0.717) is 6.04 Å². The molecule has 5 heteroatoms. The van der Waals surface area contributed by atoms with Crippen molar-refractivity contribution in [3.63, 3.8) is 0 Å². The summed E-state index contributed by atoms with van der Waals surface area (Å²) in [4.78, 5) is 7.11. The quantitative estimate of drug-likeness (QED) is 0.763. The molecule has 1 N–H and O–H groups in total. The van der Waals surface area contributed by atoms with Crippen LogP contribution in [0.25, 0.3) is 11.1 Å². The average Bonchev–Trinajstić information content (AvgIpc) is 3.09. The molecule has 3 aromatic rings. The van der Waals surface area contributed by atoms with Crippen LogP contribution >= 0.6 is 12.4 Å². The van der Waals surface area contributed by atoms with Crippen LogP contribution in [0, 0.1) is 0 Å². The first kappa shape index (κ1) is 18.6. The van der Waals surface area contributed by atoms with Crippen molar-refractivity contribution in [1.82, 2.24) is 19.8 Å². The zero-order valence-electron chi connectivity index (χ0n) is 15.0. The summed E-state index contributed by atoms with van der Waals surface area (Å²) >= 11 is 0. The molecule has 1 saturated heterocycles. The molecule has 1 atom stereocenters. The summed E-state index contributed by atoms with van der Waals surface area (Å²) in [7, 11) is 2.07. The summed E-state index contributed by atoms with van der Waals surface area (Å²) in [6, 6.07) is 19.8. The largest absolute Gasteiger partial charge is 0.337 e. The molecule has 0 bridgehead atoms. The molecular weight excluding hydrogens is 344 g/mol. The molecule has 1 aromatic heterocycles.